The molecule has 2 aromatic rings. The van der Waals surface area contributed by atoms with Crippen LogP contribution in [0.25, 0.3) is 21.2 Å². The van der Waals surface area contributed by atoms with Crippen LogP contribution in [-0.2, 0) is 0 Å². The fraction of sp³-hybridized carbons (Fsp3) is 0.167. The number of fused-ring (bicyclic) bond motifs is 1. The van der Waals surface area contributed by atoms with Gasteiger partial charge in [0.2, 0.25) is 0 Å². The second kappa shape index (κ2) is 4.55. The average Bonchev–Trinajstić information content (AvgIpc) is 2.30. The molecule has 0 radical (unpaired) electrons. The van der Waals surface area contributed by atoms with Crippen molar-refractivity contribution in [2.75, 3.05) is 6.61 Å². The Balaban J connectivity index is 2.48. The van der Waals surface area contributed by atoms with Crippen LogP contribution in [0.5, 0.6) is 5.75 Å². The quantitative estimate of drug-likeness (QED) is 0.428. The van der Waals surface area contributed by atoms with Crippen molar-refractivity contribution in [2.45, 2.75) is 6.92 Å². The van der Waals surface area contributed by atoms with E-state index in [0.717, 1.165) is 16.5 Å². The van der Waals surface area contributed by atoms with Gasteiger partial charge in [0.1, 0.15) is 5.75 Å². The van der Waals surface area contributed by atoms with Crippen LogP contribution in [0.4, 0.5) is 5.69 Å². The number of benzene rings is 2. The standard InChI is InChI=1S/C12H11N3O/c1-2-16-12-6-4-9-7-11(14-15-13)5-3-10(9)8-12/h3-8H,2H2,1H3. The molecular formula is C12H11N3O. The van der Waals surface area contributed by atoms with E-state index < -0.39 is 0 Å². The van der Waals surface area contributed by atoms with Crippen LogP contribution < -0.4 is 4.74 Å². The van der Waals surface area contributed by atoms with Crippen molar-refractivity contribution >= 4 is 16.5 Å². The van der Waals surface area contributed by atoms with Gasteiger partial charge in [-0.2, -0.15) is 0 Å². The molecule has 0 saturated carbocycles. The molecule has 0 unspecified atom stereocenters. The Morgan fingerprint density at radius 1 is 1.19 bits per heavy atom. The van der Waals surface area contributed by atoms with E-state index in [1.54, 1.807) is 6.07 Å². The first-order chi connectivity index (χ1) is 7.83. The number of azide groups is 1. The maximum Gasteiger partial charge on any atom is 0.119 e. The molecule has 4 nitrogen and oxygen atoms in total. The van der Waals surface area contributed by atoms with Gasteiger partial charge in [0.15, 0.2) is 0 Å². The Hall–Kier alpha value is -2.19. The van der Waals surface area contributed by atoms with Gasteiger partial charge in [-0.25, -0.2) is 0 Å². The SMILES string of the molecule is CCOc1ccc2cc(N=[N+]=[N-])ccc2c1. The molecule has 0 N–H and O–H groups in total. The summed E-state index contributed by atoms with van der Waals surface area (Å²) in [5.74, 6) is 0.853. The van der Waals surface area contributed by atoms with Crippen LogP contribution in [0, 0.1) is 0 Å². The molecular weight excluding hydrogens is 202 g/mol. The van der Waals surface area contributed by atoms with Gasteiger partial charge in [-0.15, -0.1) is 0 Å². The van der Waals surface area contributed by atoms with E-state index >= 15 is 0 Å². The van der Waals surface area contributed by atoms with Crippen molar-refractivity contribution in [2.24, 2.45) is 5.11 Å². The second-order valence-electron chi connectivity index (χ2n) is 3.32. The van der Waals surface area contributed by atoms with E-state index in [9.17, 15) is 0 Å². The van der Waals surface area contributed by atoms with Crippen molar-refractivity contribution in [3.8, 4) is 5.75 Å². The van der Waals surface area contributed by atoms with Crippen LogP contribution >= 0.6 is 0 Å². The maximum absolute atomic E-state index is 8.34. The number of nitrogens with zero attached hydrogens (tertiary/aromatic N) is 3. The molecule has 0 aliphatic carbocycles. The van der Waals surface area contributed by atoms with Gasteiger partial charge in [0, 0.05) is 10.6 Å². The van der Waals surface area contributed by atoms with Crippen LogP contribution in [0.3, 0.4) is 0 Å². The Kier molecular flexibility index (Phi) is 2.94. The van der Waals surface area contributed by atoms with E-state index in [-0.39, 0.29) is 0 Å². The smallest absolute Gasteiger partial charge is 0.119 e. The monoisotopic (exact) mass is 213 g/mol. The molecule has 2 aromatic carbocycles. The van der Waals surface area contributed by atoms with Crippen LogP contribution in [0.15, 0.2) is 41.5 Å². The summed E-state index contributed by atoms with van der Waals surface area (Å²) in [4.78, 5) is 2.76. The van der Waals surface area contributed by atoms with E-state index in [2.05, 4.69) is 10.0 Å². The predicted molar refractivity (Wildman–Crippen MR) is 63.9 cm³/mol. The van der Waals surface area contributed by atoms with E-state index in [0.29, 0.717) is 12.3 Å². The number of ether oxygens (including phenoxy) is 1. The minimum atomic E-state index is 0.624. The zero-order valence-electron chi connectivity index (χ0n) is 8.92. The number of hydrogen-bond acceptors (Lipinski definition) is 2. The minimum absolute atomic E-state index is 0.624. The third kappa shape index (κ3) is 2.07. The largest absolute Gasteiger partial charge is 0.494 e. The maximum atomic E-state index is 8.34. The third-order valence-electron chi connectivity index (χ3n) is 2.27. The zero-order chi connectivity index (χ0) is 11.4. The molecule has 0 fully saturated rings. The number of rotatable bonds is 3. The first-order valence-electron chi connectivity index (χ1n) is 5.05. The Labute approximate surface area is 93.1 Å². The highest BCUT2D eigenvalue weighted by atomic mass is 16.5. The van der Waals surface area contributed by atoms with Crippen molar-refractivity contribution in [3.05, 3.63) is 46.8 Å². The van der Waals surface area contributed by atoms with Gasteiger partial charge in [-0.05, 0) is 41.4 Å². The summed E-state index contributed by atoms with van der Waals surface area (Å²) in [6.45, 7) is 2.61. The highest BCUT2D eigenvalue weighted by molar-refractivity contribution is 5.86. The predicted octanol–water partition coefficient (Wildman–Crippen LogP) is 4.18. The van der Waals surface area contributed by atoms with Gasteiger partial charge in [-0.1, -0.05) is 23.3 Å². The molecule has 0 saturated heterocycles. The van der Waals surface area contributed by atoms with Crippen LogP contribution in [0.1, 0.15) is 6.92 Å². The van der Waals surface area contributed by atoms with Gasteiger partial charge < -0.3 is 4.74 Å². The fourth-order valence-corrected chi connectivity index (χ4v) is 1.58. The van der Waals surface area contributed by atoms with E-state index in [1.165, 1.54) is 0 Å². The lowest BCUT2D eigenvalue weighted by Gasteiger charge is -2.04. The van der Waals surface area contributed by atoms with Crippen LogP contribution in [0.2, 0.25) is 0 Å². The molecule has 4 heteroatoms. The molecule has 0 aliphatic rings. The molecule has 0 spiro atoms. The summed E-state index contributed by atoms with van der Waals surface area (Å²) in [6.07, 6.45) is 0. The zero-order valence-corrected chi connectivity index (χ0v) is 8.92. The van der Waals surface area contributed by atoms with Gasteiger partial charge in [0.25, 0.3) is 0 Å². The van der Waals surface area contributed by atoms with Gasteiger partial charge in [0.05, 0.1) is 6.61 Å². The van der Waals surface area contributed by atoms with Crippen molar-refractivity contribution in [1.29, 1.82) is 0 Å². The van der Waals surface area contributed by atoms with Gasteiger partial charge in [-0.3, -0.25) is 0 Å². The lowest BCUT2D eigenvalue weighted by Crippen LogP contribution is -1.90. The molecule has 0 amide bonds. The molecule has 80 valence electrons. The molecule has 2 rings (SSSR count). The summed E-state index contributed by atoms with van der Waals surface area (Å²) >= 11 is 0. The van der Waals surface area contributed by atoms with Crippen molar-refractivity contribution in [3.63, 3.8) is 0 Å². The second-order valence-corrected chi connectivity index (χ2v) is 3.32. The summed E-state index contributed by atoms with van der Waals surface area (Å²) in [5, 5.41) is 5.67. The number of hydrogen-bond donors (Lipinski definition) is 0. The molecule has 16 heavy (non-hydrogen) atoms. The van der Waals surface area contributed by atoms with E-state index in [4.69, 9.17) is 10.3 Å². The lowest BCUT2D eigenvalue weighted by atomic mass is 10.1. The molecule has 0 heterocycles. The normalized spacial score (nSPS) is 9.81. The molecule has 0 bridgehead atoms. The summed E-state index contributed by atoms with van der Waals surface area (Å²) in [7, 11) is 0. The first-order valence-corrected chi connectivity index (χ1v) is 5.05. The molecule has 0 atom stereocenters. The highest BCUT2D eigenvalue weighted by Crippen LogP contribution is 2.25. The van der Waals surface area contributed by atoms with Crippen molar-refractivity contribution < 1.29 is 4.74 Å². The van der Waals surface area contributed by atoms with Crippen LogP contribution in [-0.4, -0.2) is 6.61 Å². The fourth-order valence-electron chi connectivity index (χ4n) is 1.58. The lowest BCUT2D eigenvalue weighted by molar-refractivity contribution is 0.341. The summed E-state index contributed by atoms with van der Waals surface area (Å²) < 4.78 is 5.41. The average molecular weight is 213 g/mol. The Morgan fingerprint density at radius 3 is 2.69 bits per heavy atom. The first kappa shape index (κ1) is 10.3. The third-order valence-corrected chi connectivity index (χ3v) is 2.27. The molecule has 0 aliphatic heterocycles. The topological polar surface area (TPSA) is 58.0 Å². The minimum Gasteiger partial charge on any atom is -0.494 e. The summed E-state index contributed by atoms with van der Waals surface area (Å²) in [5.41, 5.74) is 8.97. The van der Waals surface area contributed by atoms with Crippen molar-refractivity contribution in [1.82, 2.24) is 0 Å². The Morgan fingerprint density at radius 2 is 1.94 bits per heavy atom. The van der Waals surface area contributed by atoms with E-state index in [1.807, 2.05) is 37.3 Å². The summed E-state index contributed by atoms with van der Waals surface area (Å²) in [6, 6.07) is 11.4. The van der Waals surface area contributed by atoms with Gasteiger partial charge >= 0.3 is 0 Å². The highest BCUT2D eigenvalue weighted by Gasteiger charge is 1.97. The Bertz CT molecular complexity index is 559. The molecule has 0 aromatic heterocycles.